The van der Waals surface area contributed by atoms with Crippen LogP contribution in [0.1, 0.15) is 64.1 Å². The lowest BCUT2D eigenvalue weighted by atomic mass is 9.71. The van der Waals surface area contributed by atoms with E-state index in [9.17, 15) is 44.4 Å². The van der Waals surface area contributed by atoms with Crippen LogP contribution in [0.5, 0.6) is 5.75 Å². The number of aromatic amines is 1. The second kappa shape index (κ2) is 12.2. The summed E-state index contributed by atoms with van der Waals surface area (Å²) in [4.78, 5) is 67.1. The van der Waals surface area contributed by atoms with Gasteiger partial charge in [0.05, 0.1) is 24.9 Å². The van der Waals surface area contributed by atoms with Crippen molar-refractivity contribution in [1.82, 2.24) is 9.97 Å². The van der Waals surface area contributed by atoms with Gasteiger partial charge in [-0.25, -0.2) is 4.98 Å². The van der Waals surface area contributed by atoms with Gasteiger partial charge < -0.3 is 31.1 Å². The van der Waals surface area contributed by atoms with Gasteiger partial charge in [-0.2, -0.15) is 0 Å². The first-order valence-corrected chi connectivity index (χ1v) is 12.2. The van der Waals surface area contributed by atoms with Gasteiger partial charge in [-0.05, 0) is 54.7 Å². The maximum absolute atomic E-state index is 13.0. The van der Waals surface area contributed by atoms with Gasteiger partial charge >= 0.3 is 0 Å². The number of fused-ring (bicyclic) bond motifs is 1. The van der Waals surface area contributed by atoms with Crippen molar-refractivity contribution in [2.24, 2.45) is 17.6 Å². The second-order valence-electron chi connectivity index (χ2n) is 9.61. The molecule has 7 N–H and O–H groups in total. The molecule has 0 saturated carbocycles. The standard InChI is InChI=1S/C26H31N3O9/c27-23(36)11-22(35)26(38,12-31)16(5-6-30)7-14-8-17-15(2-4-20(33)25(17)21(34)9-14)1-3-19(32)18-10-24(37)29-13-28-18/h2,4,10,13-14,16,30-31,33,38H,1,3,5-9,11-12H2,(H2,27,36)(H,28,29,37)/t14?,16?,26-/m1/s1. The van der Waals surface area contributed by atoms with E-state index < -0.39 is 54.3 Å². The summed E-state index contributed by atoms with van der Waals surface area (Å²) in [6, 6.07) is 4.08. The van der Waals surface area contributed by atoms with Gasteiger partial charge in [0.15, 0.2) is 17.3 Å². The average Bonchev–Trinajstić information content (AvgIpc) is 2.86. The Hall–Kier alpha value is -3.74. The first-order valence-electron chi connectivity index (χ1n) is 12.2. The number of aromatic hydroxyl groups is 1. The van der Waals surface area contributed by atoms with E-state index >= 15 is 0 Å². The molecule has 3 rings (SSSR count). The molecular formula is C26H31N3O9. The summed E-state index contributed by atoms with van der Waals surface area (Å²) in [7, 11) is 0. The number of hydrogen-bond acceptors (Lipinski definition) is 10. The van der Waals surface area contributed by atoms with E-state index in [-0.39, 0.29) is 67.1 Å². The molecule has 0 aliphatic heterocycles. The van der Waals surface area contributed by atoms with E-state index in [2.05, 4.69) is 9.97 Å². The van der Waals surface area contributed by atoms with Crippen LogP contribution in [-0.2, 0) is 22.4 Å². The minimum Gasteiger partial charge on any atom is -0.507 e. The molecule has 1 aliphatic rings. The van der Waals surface area contributed by atoms with Crippen LogP contribution in [0.4, 0.5) is 0 Å². The number of carbonyl (C=O) groups is 4. The summed E-state index contributed by atoms with van der Waals surface area (Å²) >= 11 is 0. The summed E-state index contributed by atoms with van der Waals surface area (Å²) < 4.78 is 0. The molecule has 1 aromatic carbocycles. The number of carbonyl (C=O) groups excluding carboxylic acids is 4. The normalized spacial score (nSPS) is 17.3. The molecule has 0 bridgehead atoms. The van der Waals surface area contributed by atoms with Crippen molar-refractivity contribution in [2.45, 2.75) is 50.5 Å². The monoisotopic (exact) mass is 529 g/mol. The number of aliphatic hydroxyl groups excluding tert-OH is 2. The highest BCUT2D eigenvalue weighted by atomic mass is 16.3. The van der Waals surface area contributed by atoms with E-state index in [4.69, 9.17) is 5.73 Å². The Morgan fingerprint density at radius 2 is 1.92 bits per heavy atom. The minimum absolute atomic E-state index is 0.00566. The maximum Gasteiger partial charge on any atom is 0.251 e. The highest BCUT2D eigenvalue weighted by Gasteiger charge is 2.44. The summed E-state index contributed by atoms with van der Waals surface area (Å²) in [6.07, 6.45) is 0.745. The number of aromatic nitrogens is 2. The van der Waals surface area contributed by atoms with Crippen LogP contribution in [0.25, 0.3) is 0 Å². The van der Waals surface area contributed by atoms with Crippen molar-refractivity contribution < 1.29 is 39.6 Å². The number of amides is 1. The van der Waals surface area contributed by atoms with E-state index in [0.29, 0.717) is 11.1 Å². The molecule has 2 aromatic rings. The molecule has 12 nitrogen and oxygen atoms in total. The number of rotatable bonds is 13. The zero-order valence-corrected chi connectivity index (χ0v) is 20.7. The fraction of sp³-hybridized carbons (Fsp3) is 0.462. The van der Waals surface area contributed by atoms with Gasteiger partial charge in [-0.15, -0.1) is 0 Å². The van der Waals surface area contributed by atoms with Gasteiger partial charge in [-0.1, -0.05) is 6.07 Å². The third-order valence-corrected chi connectivity index (χ3v) is 7.05. The zero-order chi connectivity index (χ0) is 28.0. The Balaban J connectivity index is 1.85. The van der Waals surface area contributed by atoms with Crippen LogP contribution in [-0.4, -0.2) is 72.5 Å². The predicted octanol–water partition coefficient (Wildman–Crippen LogP) is -0.407. The molecule has 204 valence electrons. The molecule has 0 spiro atoms. The van der Waals surface area contributed by atoms with Crippen LogP contribution in [0.2, 0.25) is 0 Å². The SMILES string of the molecule is NC(=O)CC(=O)[C@@](O)(CO)C(CCO)CC1CC(=O)c2c(O)ccc(CCC(=O)c3cc(=O)[nH]cn3)c2C1. The van der Waals surface area contributed by atoms with Crippen molar-refractivity contribution in [3.63, 3.8) is 0 Å². The number of hydrogen-bond donors (Lipinski definition) is 6. The quantitative estimate of drug-likeness (QED) is 0.145. The van der Waals surface area contributed by atoms with Crippen LogP contribution < -0.4 is 11.3 Å². The Morgan fingerprint density at radius 1 is 1.18 bits per heavy atom. The maximum atomic E-state index is 13.0. The number of Topliss-reactive ketones (excluding diaryl/α,β-unsaturated/α-hetero) is 3. The number of aryl methyl sites for hydroxylation is 1. The first-order chi connectivity index (χ1) is 18.0. The number of nitrogens with one attached hydrogen (secondary N) is 1. The third-order valence-electron chi connectivity index (χ3n) is 7.05. The lowest BCUT2D eigenvalue weighted by Crippen LogP contribution is -2.51. The number of nitrogens with zero attached hydrogens (tertiary/aromatic N) is 1. The Bertz CT molecular complexity index is 1290. The number of benzene rings is 1. The summed E-state index contributed by atoms with van der Waals surface area (Å²) in [5.74, 6) is -4.30. The highest BCUT2D eigenvalue weighted by molar-refractivity contribution is 6.02. The Kier molecular flexibility index (Phi) is 9.26. The topological polar surface area (TPSA) is 221 Å². The highest BCUT2D eigenvalue weighted by Crippen LogP contribution is 2.39. The van der Waals surface area contributed by atoms with E-state index in [1.165, 1.54) is 6.07 Å². The van der Waals surface area contributed by atoms with Crippen LogP contribution >= 0.6 is 0 Å². The average molecular weight is 530 g/mol. The van der Waals surface area contributed by atoms with Crippen molar-refractivity contribution in [1.29, 1.82) is 0 Å². The van der Waals surface area contributed by atoms with Gasteiger partial charge in [0.25, 0.3) is 5.56 Å². The van der Waals surface area contributed by atoms with E-state index in [1.54, 1.807) is 6.07 Å². The zero-order valence-electron chi connectivity index (χ0n) is 20.7. The first kappa shape index (κ1) is 28.8. The number of ketones is 3. The molecule has 0 radical (unpaired) electrons. The smallest absolute Gasteiger partial charge is 0.251 e. The molecule has 0 fully saturated rings. The molecule has 2 unspecified atom stereocenters. The number of phenolic OH excluding ortho intramolecular Hbond substituents is 1. The van der Waals surface area contributed by atoms with Crippen molar-refractivity contribution >= 4 is 23.3 Å². The number of primary amides is 1. The lowest BCUT2D eigenvalue weighted by Gasteiger charge is -2.36. The molecule has 1 amide bonds. The molecule has 3 atom stereocenters. The van der Waals surface area contributed by atoms with Crippen LogP contribution in [0, 0.1) is 11.8 Å². The van der Waals surface area contributed by atoms with Crippen molar-refractivity contribution in [3.8, 4) is 5.75 Å². The number of nitrogens with two attached hydrogens (primary N) is 1. The summed E-state index contributed by atoms with van der Waals surface area (Å²) in [5, 5.41) is 40.8. The third kappa shape index (κ3) is 6.39. The molecule has 0 saturated heterocycles. The van der Waals surface area contributed by atoms with E-state index in [1.807, 2.05) is 0 Å². The fourth-order valence-corrected chi connectivity index (χ4v) is 5.11. The molecule has 12 heteroatoms. The second-order valence-corrected chi connectivity index (χ2v) is 9.61. The largest absolute Gasteiger partial charge is 0.507 e. The summed E-state index contributed by atoms with van der Waals surface area (Å²) in [5.41, 5.74) is 3.59. The van der Waals surface area contributed by atoms with Crippen molar-refractivity contribution in [3.05, 3.63) is 57.3 Å². The number of aliphatic hydroxyl groups is 3. The Morgan fingerprint density at radius 3 is 2.55 bits per heavy atom. The Labute approximate surface area is 217 Å². The summed E-state index contributed by atoms with van der Waals surface area (Å²) in [6.45, 7) is -1.41. The van der Waals surface area contributed by atoms with Crippen LogP contribution in [0.3, 0.4) is 0 Å². The number of H-pyrrole nitrogens is 1. The number of phenols is 1. The fourth-order valence-electron chi connectivity index (χ4n) is 5.11. The van der Waals surface area contributed by atoms with Gasteiger partial charge in [-0.3, -0.25) is 24.0 Å². The molecular weight excluding hydrogens is 498 g/mol. The van der Waals surface area contributed by atoms with Gasteiger partial charge in [0.2, 0.25) is 5.91 Å². The van der Waals surface area contributed by atoms with E-state index in [0.717, 1.165) is 12.4 Å². The lowest BCUT2D eigenvalue weighted by molar-refractivity contribution is -0.153. The minimum atomic E-state index is -2.34. The van der Waals surface area contributed by atoms with Crippen molar-refractivity contribution in [2.75, 3.05) is 13.2 Å². The molecule has 1 heterocycles. The van der Waals surface area contributed by atoms with Gasteiger partial charge in [0, 0.05) is 25.5 Å². The molecule has 1 aliphatic carbocycles. The predicted molar refractivity (Wildman–Crippen MR) is 132 cm³/mol. The van der Waals surface area contributed by atoms with Gasteiger partial charge in [0.1, 0.15) is 17.0 Å². The molecule has 1 aromatic heterocycles. The molecule has 38 heavy (non-hydrogen) atoms. The van der Waals surface area contributed by atoms with Crippen LogP contribution in [0.15, 0.2) is 29.3 Å².